The molecule has 0 spiro atoms. The second-order valence-electron chi connectivity index (χ2n) is 9.89. The summed E-state index contributed by atoms with van der Waals surface area (Å²) in [6.45, 7) is 2.62. The Bertz CT molecular complexity index is 1230. The van der Waals surface area contributed by atoms with E-state index in [4.69, 9.17) is 26.5 Å². The smallest absolute Gasteiger partial charge is 0.145 e. The normalized spacial score (nSPS) is 14.8. The van der Waals surface area contributed by atoms with Gasteiger partial charge in [0.15, 0.2) is 0 Å². The number of fused-ring (bicyclic) bond motifs is 1. The van der Waals surface area contributed by atoms with Gasteiger partial charge in [0.2, 0.25) is 0 Å². The maximum absolute atomic E-state index is 13.7. The molecule has 1 aromatic heterocycles. The number of rotatable bonds is 12. The van der Waals surface area contributed by atoms with Crippen LogP contribution >= 0.6 is 11.6 Å². The molecule has 0 bridgehead atoms. The van der Waals surface area contributed by atoms with Crippen LogP contribution in [0.15, 0.2) is 36.7 Å². The summed E-state index contributed by atoms with van der Waals surface area (Å²) >= 11 is 5.98. The molecule has 3 aromatic rings. The van der Waals surface area contributed by atoms with Crippen molar-refractivity contribution in [2.75, 3.05) is 26.0 Å². The van der Waals surface area contributed by atoms with Crippen LogP contribution < -0.4 is 14.8 Å². The standard InChI is InChI=1S/C28H35ClFN5O2/c1-18(35(2)3)13-19(31)7-6-12-36-22-15-25-27(26(16-22)37-21-8-4-5-9-21)28(33-17-32-25)34-20-10-11-24(30)23(29)14-20/h10-11,14-18,21,31H,4-9,12-13H2,1-3H3,(H,32,33,34). The molecule has 0 radical (unpaired) electrons. The first-order valence-corrected chi connectivity index (χ1v) is 13.2. The van der Waals surface area contributed by atoms with Crippen LogP contribution in [0.3, 0.4) is 0 Å². The van der Waals surface area contributed by atoms with E-state index < -0.39 is 5.82 Å². The lowest BCUT2D eigenvalue weighted by Crippen LogP contribution is -2.27. The molecule has 0 saturated heterocycles. The molecule has 198 valence electrons. The molecule has 1 atom stereocenters. The van der Waals surface area contributed by atoms with Crippen LogP contribution in [0, 0.1) is 11.2 Å². The highest BCUT2D eigenvalue weighted by molar-refractivity contribution is 6.31. The fourth-order valence-electron chi connectivity index (χ4n) is 4.41. The van der Waals surface area contributed by atoms with Crippen molar-refractivity contribution >= 4 is 39.7 Å². The summed E-state index contributed by atoms with van der Waals surface area (Å²) in [5, 5.41) is 12.3. The van der Waals surface area contributed by atoms with Gasteiger partial charge in [-0.3, -0.25) is 0 Å². The van der Waals surface area contributed by atoms with Gasteiger partial charge >= 0.3 is 0 Å². The molecular formula is C28H35ClFN5O2. The third-order valence-electron chi connectivity index (χ3n) is 6.77. The molecule has 0 amide bonds. The number of anilines is 2. The lowest BCUT2D eigenvalue weighted by molar-refractivity contribution is 0.211. The zero-order chi connectivity index (χ0) is 26.4. The van der Waals surface area contributed by atoms with Crippen molar-refractivity contribution in [3.63, 3.8) is 0 Å². The van der Waals surface area contributed by atoms with Gasteiger partial charge in [-0.15, -0.1) is 0 Å². The Kier molecular flexibility index (Phi) is 9.16. The molecule has 1 saturated carbocycles. The van der Waals surface area contributed by atoms with Crippen molar-refractivity contribution in [2.24, 2.45) is 0 Å². The first-order chi connectivity index (χ1) is 17.8. The Hall–Kier alpha value is -2.97. The second kappa shape index (κ2) is 12.5. The van der Waals surface area contributed by atoms with Crippen molar-refractivity contribution in [2.45, 2.75) is 64.0 Å². The SMILES string of the molecule is CC(CC(=N)CCCOc1cc(OC2CCCC2)c2c(Nc3ccc(F)c(Cl)c3)ncnc2c1)N(C)C. The van der Waals surface area contributed by atoms with E-state index in [0.717, 1.165) is 49.6 Å². The van der Waals surface area contributed by atoms with Gasteiger partial charge in [0.25, 0.3) is 0 Å². The lowest BCUT2D eigenvalue weighted by Gasteiger charge is -2.20. The molecule has 2 aromatic carbocycles. The van der Waals surface area contributed by atoms with Crippen molar-refractivity contribution < 1.29 is 13.9 Å². The van der Waals surface area contributed by atoms with E-state index in [1.807, 2.05) is 26.2 Å². The van der Waals surface area contributed by atoms with E-state index in [2.05, 4.69) is 27.1 Å². The number of aromatic nitrogens is 2. The van der Waals surface area contributed by atoms with Crippen LogP contribution in [0.25, 0.3) is 10.9 Å². The van der Waals surface area contributed by atoms with Crippen molar-refractivity contribution in [1.82, 2.24) is 14.9 Å². The molecular weight excluding hydrogens is 493 g/mol. The molecule has 1 unspecified atom stereocenters. The van der Waals surface area contributed by atoms with Gasteiger partial charge < -0.3 is 25.1 Å². The fraction of sp³-hybridized carbons (Fsp3) is 0.464. The van der Waals surface area contributed by atoms with Crippen LogP contribution in [-0.2, 0) is 0 Å². The number of hydrogen-bond acceptors (Lipinski definition) is 7. The molecule has 37 heavy (non-hydrogen) atoms. The van der Waals surface area contributed by atoms with Crippen molar-refractivity contribution in [3.8, 4) is 11.5 Å². The lowest BCUT2D eigenvalue weighted by atomic mass is 10.1. The quantitative estimate of drug-likeness (QED) is 0.195. The van der Waals surface area contributed by atoms with Crippen LogP contribution in [-0.4, -0.2) is 53.4 Å². The zero-order valence-electron chi connectivity index (χ0n) is 21.7. The monoisotopic (exact) mass is 527 g/mol. The maximum atomic E-state index is 13.7. The second-order valence-corrected chi connectivity index (χ2v) is 10.3. The molecule has 0 aliphatic heterocycles. The maximum Gasteiger partial charge on any atom is 0.145 e. The highest BCUT2D eigenvalue weighted by Gasteiger charge is 2.21. The average Bonchev–Trinajstić information content (AvgIpc) is 3.37. The Morgan fingerprint density at radius 3 is 2.73 bits per heavy atom. The van der Waals surface area contributed by atoms with Crippen molar-refractivity contribution in [1.29, 1.82) is 5.41 Å². The van der Waals surface area contributed by atoms with Crippen LogP contribution in [0.4, 0.5) is 15.9 Å². The van der Waals surface area contributed by atoms with Gasteiger partial charge in [0.1, 0.15) is 29.5 Å². The molecule has 2 N–H and O–H groups in total. The predicted octanol–water partition coefficient (Wildman–Crippen LogP) is 7.01. The van der Waals surface area contributed by atoms with E-state index in [9.17, 15) is 4.39 Å². The average molecular weight is 528 g/mol. The summed E-state index contributed by atoms with van der Waals surface area (Å²) in [7, 11) is 4.07. The summed E-state index contributed by atoms with van der Waals surface area (Å²) in [5.41, 5.74) is 2.03. The molecule has 4 rings (SSSR count). The minimum atomic E-state index is -0.478. The number of nitrogens with one attached hydrogen (secondary N) is 2. The van der Waals surface area contributed by atoms with Gasteiger partial charge in [-0.1, -0.05) is 11.6 Å². The number of halogens is 2. The summed E-state index contributed by atoms with van der Waals surface area (Å²) < 4.78 is 26.2. The van der Waals surface area contributed by atoms with E-state index >= 15 is 0 Å². The first-order valence-electron chi connectivity index (χ1n) is 12.8. The Morgan fingerprint density at radius 2 is 2.00 bits per heavy atom. The fourth-order valence-corrected chi connectivity index (χ4v) is 4.59. The van der Waals surface area contributed by atoms with Gasteiger partial charge in [-0.25, -0.2) is 14.4 Å². The number of hydrogen-bond donors (Lipinski definition) is 2. The number of ether oxygens (including phenoxy) is 2. The molecule has 7 nitrogen and oxygen atoms in total. The van der Waals surface area contributed by atoms with Crippen LogP contribution in [0.2, 0.25) is 5.02 Å². The Morgan fingerprint density at radius 1 is 1.22 bits per heavy atom. The molecule has 9 heteroatoms. The summed E-state index contributed by atoms with van der Waals surface area (Å²) in [5.74, 6) is 1.40. The topological polar surface area (TPSA) is 83.4 Å². The highest BCUT2D eigenvalue weighted by Crippen LogP contribution is 2.38. The largest absolute Gasteiger partial charge is 0.493 e. The molecule has 1 fully saturated rings. The van der Waals surface area contributed by atoms with E-state index in [1.54, 1.807) is 6.07 Å². The molecule has 1 heterocycles. The number of benzene rings is 2. The predicted molar refractivity (Wildman–Crippen MR) is 147 cm³/mol. The third-order valence-corrected chi connectivity index (χ3v) is 7.06. The molecule has 1 aliphatic rings. The Labute approximate surface area is 222 Å². The minimum absolute atomic E-state index is 0.0331. The summed E-state index contributed by atoms with van der Waals surface area (Å²) in [6, 6.07) is 8.57. The van der Waals surface area contributed by atoms with Gasteiger partial charge in [-0.2, -0.15) is 0 Å². The first kappa shape index (κ1) is 27.1. The summed E-state index contributed by atoms with van der Waals surface area (Å²) in [4.78, 5) is 11.1. The van der Waals surface area contributed by atoms with Crippen LogP contribution in [0.5, 0.6) is 11.5 Å². The minimum Gasteiger partial charge on any atom is -0.493 e. The number of nitrogens with zero attached hydrogens (tertiary/aromatic N) is 3. The van der Waals surface area contributed by atoms with Gasteiger partial charge in [0.05, 0.1) is 28.6 Å². The van der Waals surface area contributed by atoms with E-state index in [0.29, 0.717) is 47.6 Å². The van der Waals surface area contributed by atoms with Gasteiger partial charge in [0, 0.05) is 36.0 Å². The van der Waals surface area contributed by atoms with Gasteiger partial charge in [-0.05, 0) is 77.7 Å². The zero-order valence-corrected chi connectivity index (χ0v) is 22.4. The summed E-state index contributed by atoms with van der Waals surface area (Å²) in [6.07, 6.45) is 8.13. The van der Waals surface area contributed by atoms with Crippen molar-refractivity contribution in [3.05, 3.63) is 47.5 Å². The van der Waals surface area contributed by atoms with E-state index in [-0.39, 0.29) is 11.1 Å². The third kappa shape index (κ3) is 7.29. The Balaban J connectivity index is 1.52. The van der Waals surface area contributed by atoms with Crippen LogP contribution in [0.1, 0.15) is 51.9 Å². The van der Waals surface area contributed by atoms with E-state index in [1.165, 1.54) is 18.5 Å². The highest BCUT2D eigenvalue weighted by atomic mass is 35.5. The molecule has 1 aliphatic carbocycles.